The average molecular weight is 288 g/mol. The number of fused-ring (bicyclic) bond motifs is 1. The van der Waals surface area contributed by atoms with E-state index in [-0.39, 0.29) is 18.6 Å². The van der Waals surface area contributed by atoms with Crippen molar-refractivity contribution in [3.8, 4) is 0 Å². The Morgan fingerprint density at radius 1 is 1.14 bits per heavy atom. The topological polar surface area (TPSA) is 61.4 Å². The maximum Gasteiger partial charge on any atom is 0.241 e. The van der Waals surface area contributed by atoms with Crippen molar-refractivity contribution in [2.75, 3.05) is 5.32 Å². The van der Waals surface area contributed by atoms with Gasteiger partial charge < -0.3 is 15.7 Å². The van der Waals surface area contributed by atoms with Gasteiger partial charge in [0.25, 0.3) is 0 Å². The Morgan fingerprint density at radius 3 is 2.67 bits per heavy atom. The Bertz CT molecular complexity index is 486. The zero-order chi connectivity index (χ0) is 14.7. The Balaban J connectivity index is 1.57. The Labute approximate surface area is 125 Å². The van der Waals surface area contributed by atoms with E-state index < -0.39 is 0 Å². The number of piperidine rings is 1. The number of hydrogen-bond acceptors (Lipinski definition) is 3. The molecule has 1 saturated heterocycles. The molecule has 2 aliphatic rings. The number of aliphatic hydroxyl groups is 1. The minimum Gasteiger partial charge on any atom is -0.392 e. The average Bonchev–Trinajstić information content (AvgIpc) is 2.55. The fourth-order valence-electron chi connectivity index (χ4n) is 3.62. The number of amides is 1. The van der Waals surface area contributed by atoms with Gasteiger partial charge in [0.05, 0.1) is 12.6 Å². The molecule has 0 spiro atoms. The van der Waals surface area contributed by atoms with Gasteiger partial charge in [0.1, 0.15) is 0 Å². The Hall–Kier alpha value is -1.39. The number of rotatable bonds is 3. The molecule has 1 aromatic carbocycles. The van der Waals surface area contributed by atoms with Crippen LogP contribution < -0.4 is 10.6 Å². The summed E-state index contributed by atoms with van der Waals surface area (Å²) in [5.74, 6) is 0.836. The highest BCUT2D eigenvalue weighted by Crippen LogP contribution is 2.32. The first-order valence-electron chi connectivity index (χ1n) is 8.03. The lowest BCUT2D eigenvalue weighted by atomic mass is 9.77. The summed E-state index contributed by atoms with van der Waals surface area (Å²) >= 11 is 0. The molecule has 3 unspecified atom stereocenters. The lowest BCUT2D eigenvalue weighted by molar-refractivity contribution is -0.119. The van der Waals surface area contributed by atoms with Crippen molar-refractivity contribution in [2.45, 2.75) is 57.2 Å². The van der Waals surface area contributed by atoms with Gasteiger partial charge in [-0.25, -0.2) is 0 Å². The molecule has 1 aromatic rings. The van der Waals surface area contributed by atoms with E-state index in [1.807, 2.05) is 24.3 Å². The van der Waals surface area contributed by atoms with Gasteiger partial charge in [0.2, 0.25) is 5.91 Å². The molecule has 21 heavy (non-hydrogen) atoms. The van der Waals surface area contributed by atoms with E-state index in [2.05, 4.69) is 10.6 Å². The Kier molecular flexibility index (Phi) is 4.56. The summed E-state index contributed by atoms with van der Waals surface area (Å²) in [6.45, 7) is 0.0292. The quantitative estimate of drug-likeness (QED) is 0.800. The molecule has 0 radical (unpaired) electrons. The van der Waals surface area contributed by atoms with Gasteiger partial charge in [0.15, 0.2) is 0 Å². The van der Waals surface area contributed by atoms with Crippen molar-refractivity contribution in [1.29, 1.82) is 0 Å². The normalized spacial score (nSPS) is 28.7. The maximum atomic E-state index is 12.4. The number of anilines is 1. The molecule has 4 heteroatoms. The van der Waals surface area contributed by atoms with Gasteiger partial charge in [-0.15, -0.1) is 0 Å². The van der Waals surface area contributed by atoms with Crippen molar-refractivity contribution >= 4 is 11.6 Å². The van der Waals surface area contributed by atoms with Crippen LogP contribution >= 0.6 is 0 Å². The predicted molar refractivity (Wildman–Crippen MR) is 82.9 cm³/mol. The lowest BCUT2D eigenvalue weighted by Gasteiger charge is -2.39. The first-order chi connectivity index (χ1) is 10.3. The van der Waals surface area contributed by atoms with Crippen molar-refractivity contribution in [3.05, 3.63) is 29.8 Å². The highest BCUT2D eigenvalue weighted by Gasteiger charge is 2.34. The number of carbonyl (C=O) groups is 1. The molecule has 3 N–H and O–H groups in total. The third kappa shape index (κ3) is 3.44. The van der Waals surface area contributed by atoms with Gasteiger partial charge in [-0.05, 0) is 49.3 Å². The first-order valence-corrected chi connectivity index (χ1v) is 8.03. The largest absolute Gasteiger partial charge is 0.392 e. The van der Waals surface area contributed by atoms with E-state index in [1.165, 1.54) is 32.1 Å². The number of carbonyl (C=O) groups excluding carboxylic acids is 1. The van der Waals surface area contributed by atoms with Crippen molar-refractivity contribution < 1.29 is 9.90 Å². The third-order valence-corrected chi connectivity index (χ3v) is 4.87. The summed E-state index contributed by atoms with van der Waals surface area (Å²) in [6, 6.07) is 7.81. The van der Waals surface area contributed by atoms with E-state index in [0.29, 0.717) is 6.04 Å². The summed E-state index contributed by atoms with van der Waals surface area (Å²) in [5, 5.41) is 15.5. The molecular formula is C17H24N2O2. The first kappa shape index (κ1) is 14.5. The molecule has 1 aliphatic heterocycles. The molecule has 0 bridgehead atoms. The number of benzene rings is 1. The number of hydrogen-bond donors (Lipinski definition) is 3. The van der Waals surface area contributed by atoms with Crippen LogP contribution in [0.1, 0.15) is 44.1 Å². The summed E-state index contributed by atoms with van der Waals surface area (Å²) in [6.07, 6.45) is 7.25. The standard InChI is InChI=1S/C17H24N2O2/c20-11-12-5-8-14(9-6-12)18-17(21)16-10-7-13-3-1-2-4-15(13)19-16/h5-6,8-9,13,15-16,19-20H,1-4,7,10-11H2,(H,18,21). The zero-order valence-electron chi connectivity index (χ0n) is 12.3. The van der Waals surface area contributed by atoms with Gasteiger partial charge >= 0.3 is 0 Å². The van der Waals surface area contributed by atoms with E-state index in [1.54, 1.807) is 0 Å². The monoisotopic (exact) mass is 288 g/mol. The Morgan fingerprint density at radius 2 is 1.90 bits per heavy atom. The second-order valence-electron chi connectivity index (χ2n) is 6.29. The second-order valence-corrected chi connectivity index (χ2v) is 6.29. The summed E-state index contributed by atoms with van der Waals surface area (Å²) in [7, 11) is 0. The van der Waals surface area contributed by atoms with Crippen LogP contribution in [0.25, 0.3) is 0 Å². The number of nitrogens with one attached hydrogen (secondary N) is 2. The van der Waals surface area contributed by atoms with Gasteiger partial charge in [0, 0.05) is 11.7 Å². The molecule has 4 nitrogen and oxygen atoms in total. The van der Waals surface area contributed by atoms with Crippen LogP contribution in [0.4, 0.5) is 5.69 Å². The number of aliphatic hydroxyl groups excluding tert-OH is 1. The molecule has 3 rings (SSSR count). The van der Waals surface area contributed by atoms with Crippen LogP contribution in [0.2, 0.25) is 0 Å². The molecule has 2 fully saturated rings. The lowest BCUT2D eigenvalue weighted by Crippen LogP contribution is -2.53. The highest BCUT2D eigenvalue weighted by molar-refractivity contribution is 5.94. The predicted octanol–water partition coefficient (Wildman–Crippen LogP) is 2.43. The third-order valence-electron chi connectivity index (χ3n) is 4.87. The fourth-order valence-corrected chi connectivity index (χ4v) is 3.62. The SMILES string of the molecule is O=C(Nc1ccc(CO)cc1)C1CCC2CCCCC2N1. The van der Waals surface area contributed by atoms with Crippen LogP contribution in [0.5, 0.6) is 0 Å². The molecule has 114 valence electrons. The van der Waals surface area contributed by atoms with E-state index in [0.717, 1.165) is 23.6 Å². The van der Waals surface area contributed by atoms with Crippen LogP contribution in [0, 0.1) is 5.92 Å². The smallest absolute Gasteiger partial charge is 0.241 e. The van der Waals surface area contributed by atoms with Crippen molar-refractivity contribution in [1.82, 2.24) is 5.32 Å². The molecule has 3 atom stereocenters. The molecule has 1 amide bonds. The maximum absolute atomic E-state index is 12.4. The van der Waals surface area contributed by atoms with E-state index in [9.17, 15) is 4.79 Å². The van der Waals surface area contributed by atoms with Crippen LogP contribution in [-0.2, 0) is 11.4 Å². The second kappa shape index (κ2) is 6.58. The van der Waals surface area contributed by atoms with Crippen molar-refractivity contribution in [2.24, 2.45) is 5.92 Å². The van der Waals surface area contributed by atoms with Gasteiger partial charge in [-0.1, -0.05) is 25.0 Å². The fraction of sp³-hybridized carbons (Fsp3) is 0.588. The van der Waals surface area contributed by atoms with Crippen molar-refractivity contribution in [3.63, 3.8) is 0 Å². The summed E-state index contributed by atoms with van der Waals surface area (Å²) in [4.78, 5) is 12.4. The van der Waals surface area contributed by atoms with Gasteiger partial charge in [-0.2, -0.15) is 0 Å². The highest BCUT2D eigenvalue weighted by atomic mass is 16.3. The minimum absolute atomic E-state index is 0.0292. The van der Waals surface area contributed by atoms with Crippen LogP contribution in [0.15, 0.2) is 24.3 Å². The molecule has 1 saturated carbocycles. The zero-order valence-corrected chi connectivity index (χ0v) is 12.3. The molecule has 0 aromatic heterocycles. The summed E-state index contributed by atoms with van der Waals surface area (Å²) < 4.78 is 0. The minimum atomic E-state index is -0.0677. The molecule has 1 aliphatic carbocycles. The van der Waals surface area contributed by atoms with E-state index in [4.69, 9.17) is 5.11 Å². The van der Waals surface area contributed by atoms with Crippen LogP contribution in [-0.4, -0.2) is 23.1 Å². The molecular weight excluding hydrogens is 264 g/mol. The molecule has 1 heterocycles. The summed E-state index contributed by atoms with van der Waals surface area (Å²) in [5.41, 5.74) is 1.65. The van der Waals surface area contributed by atoms with E-state index >= 15 is 0 Å². The van der Waals surface area contributed by atoms with Crippen LogP contribution in [0.3, 0.4) is 0 Å². The van der Waals surface area contributed by atoms with Gasteiger partial charge in [-0.3, -0.25) is 4.79 Å².